The molecule has 0 spiro atoms. The van der Waals surface area contributed by atoms with E-state index < -0.39 is 0 Å². The topological polar surface area (TPSA) is 66.0 Å². The lowest BCUT2D eigenvalue weighted by Gasteiger charge is -2.26. The summed E-state index contributed by atoms with van der Waals surface area (Å²) in [6.07, 6.45) is 3.76. The van der Waals surface area contributed by atoms with Gasteiger partial charge >= 0.3 is 0 Å². The second kappa shape index (κ2) is 8.99. The Bertz CT molecular complexity index is 854. The van der Waals surface area contributed by atoms with Crippen molar-refractivity contribution in [2.75, 3.05) is 25.0 Å². The van der Waals surface area contributed by atoms with Crippen LogP contribution in [0, 0.1) is 0 Å². The minimum atomic E-state index is 0.118. The smallest absolute Gasteiger partial charge is 0.226 e. The average Bonchev–Trinajstić information content (AvgIpc) is 3.18. The van der Waals surface area contributed by atoms with Gasteiger partial charge in [-0.2, -0.15) is 0 Å². The third-order valence-corrected chi connectivity index (χ3v) is 5.47. The van der Waals surface area contributed by atoms with Crippen molar-refractivity contribution in [3.63, 3.8) is 0 Å². The highest BCUT2D eigenvalue weighted by Gasteiger charge is 2.22. The number of rotatable bonds is 5. The Morgan fingerprint density at radius 3 is 2.72 bits per heavy atom. The van der Waals surface area contributed by atoms with Gasteiger partial charge in [0, 0.05) is 38.7 Å². The van der Waals surface area contributed by atoms with Gasteiger partial charge in [0.05, 0.1) is 6.54 Å². The van der Waals surface area contributed by atoms with Crippen LogP contribution in [0.4, 0.5) is 5.69 Å². The number of nitrogens with one attached hydrogen (secondary N) is 2. The first kappa shape index (κ1) is 19.3. The fourth-order valence-electron chi connectivity index (χ4n) is 3.86. The molecule has 2 aromatic carbocycles. The van der Waals surface area contributed by atoms with E-state index >= 15 is 0 Å². The number of carbonyl (C=O) groups excluding carboxylic acids is 1. The number of para-hydroxylation sites is 1. The average molecular weight is 393 g/mol. The van der Waals surface area contributed by atoms with E-state index in [0.717, 1.165) is 48.8 Å². The lowest BCUT2D eigenvalue weighted by molar-refractivity contribution is -0.119. The first-order chi connectivity index (χ1) is 14.2. The summed E-state index contributed by atoms with van der Waals surface area (Å²) >= 11 is 0. The Balaban J connectivity index is 1.25. The van der Waals surface area contributed by atoms with E-state index in [1.807, 2.05) is 35.2 Å². The van der Waals surface area contributed by atoms with Gasteiger partial charge in [-0.05, 0) is 42.2 Å². The zero-order chi connectivity index (χ0) is 20.1. The zero-order valence-electron chi connectivity index (χ0n) is 16.9. The molecule has 1 amide bonds. The zero-order valence-corrected chi connectivity index (χ0v) is 16.9. The summed E-state index contributed by atoms with van der Waals surface area (Å²) in [5.74, 6) is 1.96. The van der Waals surface area contributed by atoms with Crippen LogP contribution < -0.4 is 20.3 Å². The van der Waals surface area contributed by atoms with Crippen LogP contribution >= 0.6 is 0 Å². The van der Waals surface area contributed by atoms with E-state index in [9.17, 15) is 4.79 Å². The number of amides is 1. The molecule has 2 N–H and O–H groups in total. The number of guanidine groups is 1. The summed E-state index contributed by atoms with van der Waals surface area (Å²) in [5, 5.41) is 6.69. The van der Waals surface area contributed by atoms with E-state index in [2.05, 4.69) is 33.8 Å². The Kier molecular flexibility index (Phi) is 5.98. The normalized spacial score (nSPS) is 18.9. The highest BCUT2D eigenvalue weighted by molar-refractivity contribution is 5.93. The summed E-state index contributed by atoms with van der Waals surface area (Å²) in [6.45, 7) is 2.18. The second-order valence-corrected chi connectivity index (χ2v) is 7.53. The van der Waals surface area contributed by atoms with Crippen molar-refractivity contribution in [2.45, 2.75) is 38.3 Å². The van der Waals surface area contributed by atoms with Crippen molar-refractivity contribution in [1.29, 1.82) is 0 Å². The van der Waals surface area contributed by atoms with Gasteiger partial charge in [-0.15, -0.1) is 0 Å². The summed E-state index contributed by atoms with van der Waals surface area (Å²) < 4.78 is 5.97. The van der Waals surface area contributed by atoms with Gasteiger partial charge in [-0.3, -0.25) is 9.79 Å². The number of aliphatic imine (C=N–C) groups is 1. The Morgan fingerprint density at radius 2 is 1.97 bits per heavy atom. The summed E-state index contributed by atoms with van der Waals surface area (Å²) in [7, 11) is 1.77. The number of fused-ring (bicyclic) bond motifs is 1. The molecule has 0 aliphatic carbocycles. The number of hydrogen-bond acceptors (Lipinski definition) is 3. The molecule has 0 bridgehead atoms. The molecular weight excluding hydrogens is 364 g/mol. The number of ether oxygens (including phenoxy) is 1. The van der Waals surface area contributed by atoms with E-state index in [1.54, 1.807) is 7.05 Å². The van der Waals surface area contributed by atoms with Crippen molar-refractivity contribution in [3.05, 3.63) is 59.7 Å². The van der Waals surface area contributed by atoms with Crippen molar-refractivity contribution < 1.29 is 9.53 Å². The van der Waals surface area contributed by atoms with Crippen LogP contribution in [0.25, 0.3) is 0 Å². The third kappa shape index (κ3) is 4.70. The maximum absolute atomic E-state index is 12.1. The van der Waals surface area contributed by atoms with Gasteiger partial charge in [0.15, 0.2) is 5.96 Å². The fourth-order valence-corrected chi connectivity index (χ4v) is 3.86. The van der Waals surface area contributed by atoms with E-state index in [4.69, 9.17) is 4.74 Å². The second-order valence-electron chi connectivity index (χ2n) is 7.53. The SMILES string of the molecule is CN=C(NCc1ccc(N2CCCCC2=O)cc1)NCC1Cc2ccccc2O1. The molecule has 4 rings (SSSR count). The standard InChI is InChI=1S/C23H28N4O2/c1-24-23(26-16-20-14-18-6-2-3-7-21(18)29-20)25-15-17-9-11-19(12-10-17)27-13-5-4-8-22(27)28/h2-3,6-7,9-12,20H,4-5,8,13-16H2,1H3,(H2,24,25,26). The largest absolute Gasteiger partial charge is 0.488 e. The highest BCUT2D eigenvalue weighted by atomic mass is 16.5. The molecule has 2 aliphatic rings. The van der Waals surface area contributed by atoms with Crippen LogP contribution in [-0.2, 0) is 17.8 Å². The summed E-state index contributed by atoms with van der Waals surface area (Å²) in [4.78, 5) is 18.3. The van der Waals surface area contributed by atoms with E-state index in [-0.39, 0.29) is 12.0 Å². The molecule has 6 nitrogen and oxygen atoms in total. The van der Waals surface area contributed by atoms with Crippen molar-refractivity contribution in [1.82, 2.24) is 10.6 Å². The maximum atomic E-state index is 12.1. The minimum Gasteiger partial charge on any atom is -0.488 e. The number of carbonyl (C=O) groups is 1. The number of piperidine rings is 1. The van der Waals surface area contributed by atoms with Crippen LogP contribution in [0.1, 0.15) is 30.4 Å². The molecule has 1 unspecified atom stereocenters. The van der Waals surface area contributed by atoms with Crippen LogP contribution in [0.15, 0.2) is 53.5 Å². The lowest BCUT2D eigenvalue weighted by Crippen LogP contribution is -2.41. The fraction of sp³-hybridized carbons (Fsp3) is 0.391. The Labute approximate surface area is 172 Å². The third-order valence-electron chi connectivity index (χ3n) is 5.47. The first-order valence-electron chi connectivity index (χ1n) is 10.3. The van der Waals surface area contributed by atoms with Crippen molar-refractivity contribution in [3.8, 4) is 5.75 Å². The molecule has 1 fully saturated rings. The van der Waals surface area contributed by atoms with Gasteiger partial charge in [0.25, 0.3) is 0 Å². The van der Waals surface area contributed by atoms with Gasteiger partial charge in [0.1, 0.15) is 11.9 Å². The summed E-state index contributed by atoms with van der Waals surface area (Å²) in [5.41, 5.74) is 3.39. The Morgan fingerprint density at radius 1 is 1.14 bits per heavy atom. The molecule has 2 heterocycles. The van der Waals surface area contributed by atoms with E-state index in [0.29, 0.717) is 19.5 Å². The molecule has 29 heavy (non-hydrogen) atoms. The minimum absolute atomic E-state index is 0.118. The molecule has 1 atom stereocenters. The molecule has 0 aromatic heterocycles. The predicted molar refractivity (Wildman–Crippen MR) is 115 cm³/mol. The number of anilines is 1. The van der Waals surface area contributed by atoms with Crippen molar-refractivity contribution in [2.24, 2.45) is 4.99 Å². The lowest BCUT2D eigenvalue weighted by atomic mass is 10.1. The van der Waals surface area contributed by atoms with Gasteiger partial charge in [0.2, 0.25) is 5.91 Å². The Hall–Kier alpha value is -3.02. The van der Waals surface area contributed by atoms with Crippen molar-refractivity contribution >= 4 is 17.6 Å². The van der Waals surface area contributed by atoms with Crippen LogP contribution in [0.3, 0.4) is 0 Å². The van der Waals surface area contributed by atoms with Gasteiger partial charge in [-0.25, -0.2) is 0 Å². The number of hydrogen-bond donors (Lipinski definition) is 2. The quantitative estimate of drug-likeness (QED) is 0.607. The van der Waals surface area contributed by atoms with Crippen LogP contribution in [-0.4, -0.2) is 38.1 Å². The first-order valence-corrected chi connectivity index (χ1v) is 10.3. The van der Waals surface area contributed by atoms with Crippen LogP contribution in [0.2, 0.25) is 0 Å². The van der Waals surface area contributed by atoms with Gasteiger partial charge < -0.3 is 20.3 Å². The van der Waals surface area contributed by atoms with Gasteiger partial charge in [-0.1, -0.05) is 30.3 Å². The molecule has 2 aliphatic heterocycles. The van der Waals surface area contributed by atoms with E-state index in [1.165, 1.54) is 5.56 Å². The molecule has 1 saturated heterocycles. The molecule has 6 heteroatoms. The maximum Gasteiger partial charge on any atom is 0.226 e. The van der Waals surface area contributed by atoms with Crippen LogP contribution in [0.5, 0.6) is 5.75 Å². The molecule has 2 aromatic rings. The predicted octanol–water partition coefficient (Wildman–Crippen LogP) is 2.87. The highest BCUT2D eigenvalue weighted by Crippen LogP contribution is 2.27. The molecule has 0 radical (unpaired) electrons. The number of benzene rings is 2. The summed E-state index contributed by atoms with van der Waals surface area (Å²) in [6, 6.07) is 16.4. The molecule has 0 saturated carbocycles. The number of nitrogens with zero attached hydrogens (tertiary/aromatic N) is 2. The molecule has 152 valence electrons. The molecular formula is C23H28N4O2. The monoisotopic (exact) mass is 392 g/mol.